The minimum Gasteiger partial charge on any atom is -0.467 e. The Labute approximate surface area is 232 Å². The number of methoxy groups -OCH3 is 1. The number of ether oxygens (including phenoxy) is 2. The predicted molar refractivity (Wildman–Crippen MR) is 152 cm³/mol. The molecule has 3 aliphatic heterocycles. The zero-order valence-electron chi connectivity index (χ0n) is 22.2. The number of halogens is 2. The van der Waals surface area contributed by atoms with Gasteiger partial charge >= 0.3 is 6.01 Å². The van der Waals surface area contributed by atoms with Crippen LogP contribution in [-0.4, -0.2) is 85.5 Å². The maximum Gasteiger partial charge on any atom is 0.318 e. The normalized spacial score (nSPS) is 18.7. The predicted octanol–water partition coefficient (Wildman–Crippen LogP) is 4.54. The number of fused-ring (bicyclic) bond motifs is 2. The maximum atomic E-state index is 16.0. The van der Waals surface area contributed by atoms with Gasteiger partial charge in [-0.2, -0.15) is 9.97 Å². The van der Waals surface area contributed by atoms with Gasteiger partial charge in [0.15, 0.2) is 5.82 Å². The van der Waals surface area contributed by atoms with E-state index in [2.05, 4.69) is 37.1 Å². The summed E-state index contributed by atoms with van der Waals surface area (Å²) in [4.78, 5) is 17.9. The molecular formula is C29H32ClFN6O2. The zero-order chi connectivity index (χ0) is 27.0. The largest absolute Gasteiger partial charge is 0.467 e. The minimum atomic E-state index is -0.529. The fraction of sp³-hybridized carbons (Fsp3) is 0.414. The molecule has 204 valence electrons. The number of pyridine rings is 1. The van der Waals surface area contributed by atoms with Crippen LogP contribution in [0.3, 0.4) is 0 Å². The molecule has 8 nitrogen and oxygen atoms in total. The van der Waals surface area contributed by atoms with Crippen molar-refractivity contribution in [3.05, 3.63) is 53.4 Å². The van der Waals surface area contributed by atoms with Crippen molar-refractivity contribution in [2.24, 2.45) is 0 Å². The number of hydrogen-bond acceptors (Lipinski definition) is 8. The molecule has 0 bridgehead atoms. The van der Waals surface area contributed by atoms with E-state index in [1.165, 1.54) is 33.0 Å². The second-order valence-corrected chi connectivity index (χ2v) is 10.9. The first kappa shape index (κ1) is 26.1. The highest BCUT2D eigenvalue weighted by Crippen LogP contribution is 2.37. The Morgan fingerprint density at radius 3 is 2.51 bits per heavy atom. The monoisotopic (exact) mass is 550 g/mol. The Kier molecular flexibility index (Phi) is 7.24. The Balaban J connectivity index is 0.000000410. The SMILES string of the molecule is CN1CCCC1.COc1nc(N2CCNC3(COC3)C2)c2cnc(-c3cccc4cccc(Cl)c34)c(F)c2n1. The van der Waals surface area contributed by atoms with Gasteiger partial charge in [0.25, 0.3) is 0 Å². The van der Waals surface area contributed by atoms with Crippen LogP contribution in [-0.2, 0) is 4.74 Å². The highest BCUT2D eigenvalue weighted by atomic mass is 35.5. The fourth-order valence-electron chi connectivity index (χ4n) is 5.59. The third-order valence-electron chi connectivity index (χ3n) is 7.70. The maximum absolute atomic E-state index is 16.0. The van der Waals surface area contributed by atoms with Gasteiger partial charge in [0.2, 0.25) is 0 Å². The zero-order valence-corrected chi connectivity index (χ0v) is 23.0. The molecule has 39 heavy (non-hydrogen) atoms. The van der Waals surface area contributed by atoms with Crippen molar-refractivity contribution < 1.29 is 13.9 Å². The van der Waals surface area contributed by atoms with Gasteiger partial charge in [-0.15, -0.1) is 0 Å². The van der Waals surface area contributed by atoms with Gasteiger partial charge in [0.05, 0.1) is 31.2 Å². The van der Waals surface area contributed by atoms with Crippen LogP contribution in [0.5, 0.6) is 6.01 Å². The molecule has 1 spiro atoms. The molecule has 10 heteroatoms. The molecule has 0 aliphatic carbocycles. The van der Waals surface area contributed by atoms with Crippen LogP contribution in [0.25, 0.3) is 32.9 Å². The standard InChI is InChI=1S/C24H21ClFN5O2.C5H11N/c1-32-23-29-21-16(22(30-23)31-9-8-28-24(11-31)12-33-13-24)10-27-20(19(21)26)15-6-2-4-14-5-3-7-17(25)18(14)15;1-6-4-2-3-5-6/h2-7,10,28H,8-9,11-13H2,1H3;2-5H2,1H3. The van der Waals surface area contributed by atoms with Crippen LogP contribution in [0.15, 0.2) is 42.6 Å². The number of hydrogen-bond donors (Lipinski definition) is 1. The first-order valence-electron chi connectivity index (χ1n) is 13.3. The third kappa shape index (κ3) is 5.00. The fourth-order valence-corrected chi connectivity index (χ4v) is 5.87. The molecule has 2 aromatic heterocycles. The van der Waals surface area contributed by atoms with Crippen LogP contribution >= 0.6 is 11.6 Å². The van der Waals surface area contributed by atoms with Gasteiger partial charge in [0.1, 0.15) is 17.0 Å². The van der Waals surface area contributed by atoms with Crippen LogP contribution in [0.4, 0.5) is 10.2 Å². The highest BCUT2D eigenvalue weighted by molar-refractivity contribution is 6.36. The molecule has 4 aromatic rings. The number of piperazine rings is 1. The molecular weight excluding hydrogens is 519 g/mol. The molecule has 5 heterocycles. The molecule has 3 fully saturated rings. The summed E-state index contributed by atoms with van der Waals surface area (Å²) in [5.41, 5.74) is 0.874. The molecule has 3 aliphatic rings. The molecule has 0 saturated carbocycles. The minimum absolute atomic E-state index is 0.103. The van der Waals surface area contributed by atoms with Gasteiger partial charge < -0.3 is 24.6 Å². The van der Waals surface area contributed by atoms with E-state index in [9.17, 15) is 0 Å². The summed E-state index contributed by atoms with van der Waals surface area (Å²) < 4.78 is 26.8. The molecule has 7 rings (SSSR count). The second kappa shape index (κ2) is 10.8. The summed E-state index contributed by atoms with van der Waals surface area (Å²) in [6.07, 6.45) is 4.47. The van der Waals surface area contributed by atoms with Gasteiger partial charge in [-0.3, -0.25) is 4.98 Å². The first-order valence-corrected chi connectivity index (χ1v) is 13.7. The van der Waals surface area contributed by atoms with E-state index in [4.69, 9.17) is 21.1 Å². The second-order valence-electron chi connectivity index (χ2n) is 10.5. The highest BCUT2D eigenvalue weighted by Gasteiger charge is 2.42. The van der Waals surface area contributed by atoms with Crippen molar-refractivity contribution in [3.8, 4) is 17.3 Å². The molecule has 0 radical (unpaired) electrons. The summed E-state index contributed by atoms with van der Waals surface area (Å²) in [6.45, 7) is 6.12. The summed E-state index contributed by atoms with van der Waals surface area (Å²) in [5, 5.41) is 6.28. The van der Waals surface area contributed by atoms with Gasteiger partial charge in [0, 0.05) is 41.8 Å². The number of nitrogens with zero attached hydrogens (tertiary/aromatic N) is 5. The van der Waals surface area contributed by atoms with Crippen molar-refractivity contribution >= 4 is 39.1 Å². The average molecular weight is 551 g/mol. The summed E-state index contributed by atoms with van der Waals surface area (Å²) in [6, 6.07) is 11.3. The van der Waals surface area contributed by atoms with Crippen LogP contribution in [0.2, 0.25) is 5.02 Å². The number of rotatable bonds is 3. The van der Waals surface area contributed by atoms with Gasteiger partial charge in [-0.05, 0) is 44.4 Å². The Morgan fingerprint density at radius 2 is 1.85 bits per heavy atom. The molecule has 0 amide bonds. The Bertz CT molecular complexity index is 1500. The van der Waals surface area contributed by atoms with Crippen molar-refractivity contribution in [2.45, 2.75) is 18.4 Å². The number of benzene rings is 2. The first-order chi connectivity index (χ1) is 19.0. The molecule has 0 atom stereocenters. The quantitative estimate of drug-likeness (QED) is 0.399. The number of aromatic nitrogens is 3. The van der Waals surface area contributed by atoms with Gasteiger partial charge in [-0.1, -0.05) is 41.9 Å². The Morgan fingerprint density at radius 1 is 1.08 bits per heavy atom. The summed E-state index contributed by atoms with van der Waals surface area (Å²) >= 11 is 6.48. The molecule has 3 saturated heterocycles. The number of nitrogens with one attached hydrogen (secondary N) is 1. The van der Waals surface area contributed by atoms with Crippen LogP contribution in [0.1, 0.15) is 12.8 Å². The number of anilines is 1. The van der Waals surface area contributed by atoms with Crippen molar-refractivity contribution in [3.63, 3.8) is 0 Å². The van der Waals surface area contributed by atoms with Crippen molar-refractivity contribution in [2.75, 3.05) is 65.0 Å². The van der Waals surface area contributed by atoms with Crippen LogP contribution < -0.4 is 15.0 Å². The van der Waals surface area contributed by atoms with E-state index < -0.39 is 5.82 Å². The lowest BCUT2D eigenvalue weighted by molar-refractivity contribution is -0.0743. The summed E-state index contributed by atoms with van der Waals surface area (Å²) in [5.74, 6) is 0.0808. The third-order valence-corrected chi connectivity index (χ3v) is 8.01. The lowest BCUT2D eigenvalue weighted by Crippen LogP contribution is -2.70. The van der Waals surface area contributed by atoms with E-state index in [-0.39, 0.29) is 22.8 Å². The Hall–Kier alpha value is -3.11. The van der Waals surface area contributed by atoms with Crippen molar-refractivity contribution in [1.29, 1.82) is 0 Å². The van der Waals surface area contributed by atoms with E-state index in [1.807, 2.05) is 30.3 Å². The van der Waals surface area contributed by atoms with Crippen LogP contribution in [0, 0.1) is 5.82 Å². The van der Waals surface area contributed by atoms with Gasteiger partial charge in [-0.25, -0.2) is 4.39 Å². The van der Waals surface area contributed by atoms with Crippen molar-refractivity contribution in [1.82, 2.24) is 25.2 Å². The average Bonchev–Trinajstić information content (AvgIpc) is 3.43. The topological polar surface area (TPSA) is 75.6 Å². The number of likely N-dealkylation sites (tertiary alicyclic amines) is 1. The lowest BCUT2D eigenvalue weighted by Gasteiger charge is -2.49. The lowest BCUT2D eigenvalue weighted by atomic mass is 9.94. The van der Waals surface area contributed by atoms with E-state index in [0.29, 0.717) is 41.5 Å². The molecule has 1 N–H and O–H groups in total. The molecule has 0 unspecified atom stereocenters. The van der Waals surface area contributed by atoms with E-state index in [1.54, 1.807) is 12.3 Å². The molecule has 2 aromatic carbocycles. The smallest absolute Gasteiger partial charge is 0.318 e. The summed E-state index contributed by atoms with van der Waals surface area (Å²) in [7, 11) is 3.65. The van der Waals surface area contributed by atoms with E-state index >= 15 is 4.39 Å². The van der Waals surface area contributed by atoms with E-state index in [0.717, 1.165) is 23.9 Å².